The standard InChI is InChI=1S/C18H21ClN2/c1-13-10-16(19)6-7-17(13)18(11-20)21-9-8-14-4-2-3-5-15(14)12-21/h2-7,10,18H,8-9,11-12,20H2,1H3. The van der Waals surface area contributed by atoms with Gasteiger partial charge in [-0.1, -0.05) is 41.9 Å². The third-order valence-corrected chi connectivity index (χ3v) is 4.65. The first-order chi connectivity index (χ1) is 10.2. The van der Waals surface area contributed by atoms with Gasteiger partial charge in [0.1, 0.15) is 0 Å². The predicted octanol–water partition coefficient (Wildman–Crippen LogP) is 3.71. The number of nitrogens with zero attached hydrogens (tertiary/aromatic N) is 1. The summed E-state index contributed by atoms with van der Waals surface area (Å²) in [5.74, 6) is 0. The van der Waals surface area contributed by atoms with Crippen molar-refractivity contribution in [2.75, 3.05) is 13.1 Å². The number of halogens is 1. The second kappa shape index (κ2) is 6.18. The van der Waals surface area contributed by atoms with E-state index in [9.17, 15) is 0 Å². The van der Waals surface area contributed by atoms with E-state index in [0.29, 0.717) is 6.54 Å². The smallest absolute Gasteiger partial charge is 0.0476 e. The molecule has 2 aromatic carbocycles. The molecule has 3 heteroatoms. The molecule has 21 heavy (non-hydrogen) atoms. The number of fused-ring (bicyclic) bond motifs is 1. The largest absolute Gasteiger partial charge is 0.329 e. The Morgan fingerprint density at radius 1 is 1.19 bits per heavy atom. The van der Waals surface area contributed by atoms with E-state index >= 15 is 0 Å². The van der Waals surface area contributed by atoms with Crippen molar-refractivity contribution in [3.05, 3.63) is 69.7 Å². The fourth-order valence-electron chi connectivity index (χ4n) is 3.27. The lowest BCUT2D eigenvalue weighted by atomic mass is 9.94. The molecule has 0 amide bonds. The molecule has 0 aliphatic carbocycles. The number of aryl methyl sites for hydroxylation is 1. The van der Waals surface area contributed by atoms with Crippen molar-refractivity contribution in [2.45, 2.75) is 25.9 Å². The maximum atomic E-state index is 6.09. The Morgan fingerprint density at radius 3 is 2.67 bits per heavy atom. The van der Waals surface area contributed by atoms with Crippen LogP contribution in [0.2, 0.25) is 5.02 Å². The number of nitrogens with two attached hydrogens (primary N) is 1. The first-order valence-corrected chi connectivity index (χ1v) is 7.84. The molecule has 2 aromatic rings. The Balaban J connectivity index is 1.88. The molecule has 0 fully saturated rings. The van der Waals surface area contributed by atoms with Crippen molar-refractivity contribution < 1.29 is 0 Å². The van der Waals surface area contributed by atoms with Crippen molar-refractivity contribution in [1.29, 1.82) is 0 Å². The third kappa shape index (κ3) is 2.98. The summed E-state index contributed by atoms with van der Waals surface area (Å²) >= 11 is 6.07. The molecule has 0 aromatic heterocycles. The summed E-state index contributed by atoms with van der Waals surface area (Å²) in [6, 6.07) is 15.1. The molecule has 0 bridgehead atoms. The van der Waals surface area contributed by atoms with Gasteiger partial charge in [-0.25, -0.2) is 0 Å². The first kappa shape index (κ1) is 14.6. The van der Waals surface area contributed by atoms with E-state index in [-0.39, 0.29) is 6.04 Å². The molecule has 1 atom stereocenters. The second-order valence-corrected chi connectivity index (χ2v) is 6.18. The van der Waals surface area contributed by atoms with E-state index in [1.165, 1.54) is 22.3 Å². The molecular weight excluding hydrogens is 280 g/mol. The van der Waals surface area contributed by atoms with Crippen LogP contribution in [0.5, 0.6) is 0 Å². The molecule has 110 valence electrons. The first-order valence-electron chi connectivity index (χ1n) is 7.46. The summed E-state index contributed by atoms with van der Waals surface area (Å²) in [5.41, 5.74) is 11.5. The Morgan fingerprint density at radius 2 is 1.95 bits per heavy atom. The van der Waals surface area contributed by atoms with E-state index in [1.54, 1.807) is 0 Å². The molecule has 2 N–H and O–H groups in total. The Kier molecular flexibility index (Phi) is 4.29. The molecule has 1 unspecified atom stereocenters. The zero-order valence-corrected chi connectivity index (χ0v) is 13.1. The van der Waals surface area contributed by atoms with Gasteiger partial charge < -0.3 is 5.73 Å². The van der Waals surface area contributed by atoms with Crippen molar-refractivity contribution >= 4 is 11.6 Å². The zero-order chi connectivity index (χ0) is 14.8. The monoisotopic (exact) mass is 300 g/mol. The average molecular weight is 301 g/mol. The lowest BCUT2D eigenvalue weighted by molar-refractivity contribution is 0.183. The maximum absolute atomic E-state index is 6.09. The van der Waals surface area contributed by atoms with E-state index in [2.05, 4.69) is 42.2 Å². The maximum Gasteiger partial charge on any atom is 0.0476 e. The summed E-state index contributed by atoms with van der Waals surface area (Å²) in [4.78, 5) is 2.48. The molecule has 2 nitrogen and oxygen atoms in total. The van der Waals surface area contributed by atoms with Crippen LogP contribution in [0.3, 0.4) is 0 Å². The van der Waals surface area contributed by atoms with Gasteiger partial charge >= 0.3 is 0 Å². The average Bonchev–Trinajstić information content (AvgIpc) is 2.50. The quantitative estimate of drug-likeness (QED) is 0.936. The van der Waals surface area contributed by atoms with Gasteiger partial charge in [0.15, 0.2) is 0 Å². The third-order valence-electron chi connectivity index (χ3n) is 4.42. The van der Waals surface area contributed by atoms with Crippen molar-refractivity contribution in [3.8, 4) is 0 Å². The van der Waals surface area contributed by atoms with E-state index < -0.39 is 0 Å². The minimum Gasteiger partial charge on any atom is -0.329 e. The molecule has 0 saturated heterocycles. The van der Waals surface area contributed by atoms with Crippen LogP contribution in [0, 0.1) is 6.92 Å². The molecule has 0 radical (unpaired) electrons. The fraction of sp³-hybridized carbons (Fsp3) is 0.333. The van der Waals surface area contributed by atoms with Crippen LogP contribution in [-0.4, -0.2) is 18.0 Å². The van der Waals surface area contributed by atoms with Crippen molar-refractivity contribution in [3.63, 3.8) is 0 Å². The minimum atomic E-state index is 0.260. The highest BCUT2D eigenvalue weighted by Gasteiger charge is 2.24. The number of benzene rings is 2. The molecular formula is C18H21ClN2. The minimum absolute atomic E-state index is 0.260. The van der Waals surface area contributed by atoms with Gasteiger partial charge in [0, 0.05) is 30.7 Å². The summed E-state index contributed by atoms with van der Waals surface area (Å²) in [6.45, 7) is 4.77. The SMILES string of the molecule is Cc1cc(Cl)ccc1C(CN)N1CCc2ccccc2C1. The van der Waals surface area contributed by atoms with Crippen LogP contribution in [-0.2, 0) is 13.0 Å². The molecule has 0 spiro atoms. The Hall–Kier alpha value is -1.35. The van der Waals surface area contributed by atoms with Gasteiger partial charge in [-0.2, -0.15) is 0 Å². The normalized spacial score (nSPS) is 16.5. The zero-order valence-electron chi connectivity index (χ0n) is 12.3. The van der Waals surface area contributed by atoms with Crippen LogP contribution in [0.1, 0.15) is 28.3 Å². The number of rotatable bonds is 3. The van der Waals surface area contributed by atoms with E-state index in [1.807, 2.05) is 12.1 Å². The van der Waals surface area contributed by atoms with Crippen molar-refractivity contribution in [2.24, 2.45) is 5.73 Å². The number of hydrogen-bond donors (Lipinski definition) is 1. The van der Waals surface area contributed by atoms with Crippen molar-refractivity contribution in [1.82, 2.24) is 4.90 Å². The second-order valence-electron chi connectivity index (χ2n) is 5.74. The predicted molar refractivity (Wildman–Crippen MR) is 88.5 cm³/mol. The lowest BCUT2D eigenvalue weighted by Gasteiger charge is -2.36. The molecule has 0 saturated carbocycles. The van der Waals surface area contributed by atoms with Crippen LogP contribution in [0.4, 0.5) is 0 Å². The van der Waals surface area contributed by atoms with Gasteiger partial charge in [0.05, 0.1) is 0 Å². The van der Waals surface area contributed by atoms with Gasteiger partial charge in [-0.05, 0) is 47.7 Å². The lowest BCUT2D eigenvalue weighted by Crippen LogP contribution is -2.38. The van der Waals surface area contributed by atoms with Gasteiger partial charge in [0.25, 0.3) is 0 Å². The summed E-state index contributed by atoms with van der Waals surface area (Å²) < 4.78 is 0. The highest BCUT2D eigenvalue weighted by atomic mass is 35.5. The summed E-state index contributed by atoms with van der Waals surface area (Å²) in [7, 11) is 0. The van der Waals surface area contributed by atoms with Crippen LogP contribution in [0.15, 0.2) is 42.5 Å². The number of hydrogen-bond acceptors (Lipinski definition) is 2. The molecule has 1 aliphatic heterocycles. The highest BCUT2D eigenvalue weighted by Crippen LogP contribution is 2.30. The van der Waals surface area contributed by atoms with Gasteiger partial charge in [-0.3, -0.25) is 4.90 Å². The van der Waals surface area contributed by atoms with Gasteiger partial charge in [-0.15, -0.1) is 0 Å². The van der Waals surface area contributed by atoms with Crippen LogP contribution in [0.25, 0.3) is 0 Å². The van der Waals surface area contributed by atoms with Crippen LogP contribution < -0.4 is 5.73 Å². The van der Waals surface area contributed by atoms with Crippen LogP contribution >= 0.6 is 11.6 Å². The summed E-state index contributed by atoms with van der Waals surface area (Å²) in [6.07, 6.45) is 1.10. The molecule has 3 rings (SSSR count). The highest BCUT2D eigenvalue weighted by molar-refractivity contribution is 6.30. The summed E-state index contributed by atoms with van der Waals surface area (Å²) in [5, 5.41) is 0.788. The topological polar surface area (TPSA) is 29.3 Å². The van der Waals surface area contributed by atoms with Gasteiger partial charge in [0.2, 0.25) is 0 Å². The Labute approximate surface area is 131 Å². The Bertz CT molecular complexity index is 639. The van der Waals surface area contributed by atoms with E-state index in [0.717, 1.165) is 24.5 Å². The molecule has 1 aliphatic rings. The molecule has 1 heterocycles. The fourth-order valence-corrected chi connectivity index (χ4v) is 3.50. The van der Waals surface area contributed by atoms with E-state index in [4.69, 9.17) is 17.3 Å².